The Hall–Kier alpha value is -3.03. The number of carbonyl (C=O) groups excluding carboxylic acids is 1. The van der Waals surface area contributed by atoms with Crippen molar-refractivity contribution in [3.05, 3.63) is 52.6 Å². The minimum absolute atomic E-state index is 0.352. The van der Waals surface area contributed by atoms with Crippen LogP contribution in [0.5, 0.6) is 0 Å². The number of anilines is 1. The van der Waals surface area contributed by atoms with Gasteiger partial charge >= 0.3 is 0 Å². The number of primary amides is 1. The number of rotatable bonds is 6. The third-order valence-corrected chi connectivity index (χ3v) is 5.83. The molecule has 1 aromatic heterocycles. The van der Waals surface area contributed by atoms with Crippen molar-refractivity contribution in [3.63, 3.8) is 0 Å². The molecule has 6 nitrogen and oxygen atoms in total. The summed E-state index contributed by atoms with van der Waals surface area (Å²) in [7, 11) is 0. The van der Waals surface area contributed by atoms with E-state index in [1.165, 1.54) is 11.8 Å². The van der Waals surface area contributed by atoms with Crippen LogP contribution in [0.2, 0.25) is 0 Å². The molecule has 1 fully saturated rings. The molecule has 1 unspecified atom stereocenters. The molecule has 1 aliphatic heterocycles. The fourth-order valence-electron chi connectivity index (χ4n) is 3.06. The van der Waals surface area contributed by atoms with E-state index in [4.69, 9.17) is 5.73 Å². The SMILES string of the molecule is CCc1c(C#N)c(SC(C(N)=O)c2ccccc2)nc(N2CCC2)c1C#N. The molecule has 1 saturated heterocycles. The molecule has 3 rings (SSSR count). The van der Waals surface area contributed by atoms with Gasteiger partial charge in [-0.05, 0) is 24.0 Å². The number of nitrogens with two attached hydrogens (primary N) is 1. The van der Waals surface area contributed by atoms with Crippen molar-refractivity contribution in [1.29, 1.82) is 10.5 Å². The molecular formula is C20H19N5OS. The van der Waals surface area contributed by atoms with Crippen LogP contribution in [0.1, 0.15) is 40.8 Å². The molecule has 0 saturated carbocycles. The third kappa shape index (κ3) is 3.60. The summed E-state index contributed by atoms with van der Waals surface area (Å²) < 4.78 is 0. The van der Waals surface area contributed by atoms with E-state index in [0.29, 0.717) is 34.0 Å². The highest BCUT2D eigenvalue weighted by molar-refractivity contribution is 8.00. The largest absolute Gasteiger partial charge is 0.368 e. The van der Waals surface area contributed by atoms with Crippen LogP contribution in [-0.2, 0) is 11.2 Å². The Balaban J connectivity index is 2.12. The lowest BCUT2D eigenvalue weighted by Gasteiger charge is -2.33. The lowest BCUT2D eigenvalue weighted by Crippen LogP contribution is -2.38. The fraction of sp³-hybridized carbons (Fsp3) is 0.300. The second-order valence-corrected chi connectivity index (χ2v) is 7.29. The maximum atomic E-state index is 12.1. The quantitative estimate of drug-likeness (QED) is 0.776. The molecule has 7 heteroatoms. The zero-order valence-electron chi connectivity index (χ0n) is 15.0. The Kier molecular flexibility index (Phi) is 5.63. The number of thioether (sulfide) groups is 1. The van der Waals surface area contributed by atoms with Crippen molar-refractivity contribution in [2.45, 2.75) is 30.0 Å². The highest BCUT2D eigenvalue weighted by Crippen LogP contribution is 2.40. The number of nitrogens with zero attached hydrogens (tertiary/aromatic N) is 4. The van der Waals surface area contributed by atoms with Crippen molar-refractivity contribution in [1.82, 2.24) is 4.98 Å². The van der Waals surface area contributed by atoms with Crippen LogP contribution in [0.4, 0.5) is 5.82 Å². The number of benzene rings is 1. The number of hydrogen-bond acceptors (Lipinski definition) is 6. The molecule has 2 aromatic rings. The van der Waals surface area contributed by atoms with E-state index in [0.717, 1.165) is 25.1 Å². The molecule has 136 valence electrons. The first-order valence-corrected chi connectivity index (χ1v) is 9.61. The molecule has 0 bridgehead atoms. The molecule has 0 radical (unpaired) electrons. The molecule has 1 aliphatic rings. The number of amides is 1. The number of aromatic nitrogens is 1. The van der Waals surface area contributed by atoms with Gasteiger partial charge in [-0.25, -0.2) is 4.98 Å². The van der Waals surface area contributed by atoms with E-state index in [2.05, 4.69) is 17.1 Å². The van der Waals surface area contributed by atoms with Crippen LogP contribution in [0.25, 0.3) is 0 Å². The summed E-state index contributed by atoms with van der Waals surface area (Å²) in [6, 6.07) is 13.6. The maximum Gasteiger partial charge on any atom is 0.235 e. The topological polar surface area (TPSA) is 107 Å². The normalized spacial score (nSPS) is 14.0. The molecule has 27 heavy (non-hydrogen) atoms. The molecule has 1 aromatic carbocycles. The summed E-state index contributed by atoms with van der Waals surface area (Å²) in [5, 5.41) is 19.2. The van der Waals surface area contributed by atoms with Gasteiger partial charge in [0.15, 0.2) is 0 Å². The van der Waals surface area contributed by atoms with Crippen molar-refractivity contribution in [3.8, 4) is 12.1 Å². The van der Waals surface area contributed by atoms with E-state index >= 15 is 0 Å². The highest BCUT2D eigenvalue weighted by atomic mass is 32.2. The van der Waals surface area contributed by atoms with E-state index in [-0.39, 0.29) is 0 Å². The van der Waals surface area contributed by atoms with Gasteiger partial charge in [0, 0.05) is 13.1 Å². The van der Waals surface area contributed by atoms with Gasteiger partial charge < -0.3 is 10.6 Å². The lowest BCUT2D eigenvalue weighted by atomic mass is 10.0. The predicted molar refractivity (Wildman–Crippen MR) is 104 cm³/mol. The number of pyridine rings is 1. The minimum atomic E-state index is -0.660. The van der Waals surface area contributed by atoms with Crippen molar-refractivity contribution >= 4 is 23.5 Å². The van der Waals surface area contributed by atoms with Gasteiger partial charge in [-0.1, -0.05) is 49.0 Å². The second-order valence-electron chi connectivity index (χ2n) is 6.20. The van der Waals surface area contributed by atoms with Crippen molar-refractivity contribution < 1.29 is 4.79 Å². The van der Waals surface area contributed by atoms with Crippen LogP contribution >= 0.6 is 11.8 Å². The lowest BCUT2D eigenvalue weighted by molar-refractivity contribution is -0.117. The average Bonchev–Trinajstić information content (AvgIpc) is 2.64. The summed E-state index contributed by atoms with van der Waals surface area (Å²) in [5.41, 5.74) is 7.88. The van der Waals surface area contributed by atoms with Crippen molar-refractivity contribution in [2.75, 3.05) is 18.0 Å². The Morgan fingerprint density at radius 3 is 2.41 bits per heavy atom. The minimum Gasteiger partial charge on any atom is -0.368 e. The van der Waals surface area contributed by atoms with E-state index in [1.807, 2.05) is 42.2 Å². The van der Waals surface area contributed by atoms with E-state index < -0.39 is 11.2 Å². The molecule has 2 N–H and O–H groups in total. The van der Waals surface area contributed by atoms with E-state index in [9.17, 15) is 15.3 Å². The predicted octanol–water partition coefficient (Wildman–Crippen LogP) is 2.92. The number of hydrogen-bond donors (Lipinski definition) is 1. The van der Waals surface area contributed by atoms with Gasteiger partial charge in [-0.15, -0.1) is 0 Å². The highest BCUT2D eigenvalue weighted by Gasteiger charge is 2.28. The summed E-state index contributed by atoms with van der Waals surface area (Å²) in [5.74, 6) is 0.100. The zero-order valence-corrected chi connectivity index (χ0v) is 15.8. The Labute approximate surface area is 162 Å². The van der Waals surface area contributed by atoms with E-state index in [1.54, 1.807) is 0 Å². The first kappa shape index (κ1) is 18.8. The molecule has 0 spiro atoms. The maximum absolute atomic E-state index is 12.1. The van der Waals surface area contributed by atoms with Gasteiger partial charge in [0.1, 0.15) is 28.2 Å². The number of carbonyl (C=O) groups is 1. The molecule has 0 aliphatic carbocycles. The summed E-state index contributed by atoms with van der Waals surface area (Å²) in [6.45, 7) is 3.58. The summed E-state index contributed by atoms with van der Waals surface area (Å²) in [4.78, 5) is 18.8. The van der Waals surface area contributed by atoms with Gasteiger partial charge in [0.2, 0.25) is 5.91 Å². The standard InChI is InChI=1S/C20H19N5OS/c1-2-14-15(11-21)19(25-9-6-10-25)24-20(16(14)12-22)27-17(18(23)26)13-7-4-3-5-8-13/h3-5,7-8,17H,2,6,9-10H2,1H3,(H2,23,26). The van der Waals surface area contributed by atoms with Crippen LogP contribution in [0.15, 0.2) is 35.4 Å². The smallest absolute Gasteiger partial charge is 0.235 e. The average molecular weight is 377 g/mol. The Morgan fingerprint density at radius 2 is 1.93 bits per heavy atom. The van der Waals surface area contributed by atoms with Gasteiger partial charge in [-0.2, -0.15) is 10.5 Å². The number of nitriles is 2. The first-order chi connectivity index (χ1) is 13.1. The molecule has 1 atom stereocenters. The Bertz CT molecular complexity index is 942. The van der Waals surface area contributed by atoms with Gasteiger partial charge in [-0.3, -0.25) is 4.79 Å². The van der Waals surface area contributed by atoms with Gasteiger partial charge in [0.25, 0.3) is 0 Å². The van der Waals surface area contributed by atoms with Crippen LogP contribution < -0.4 is 10.6 Å². The van der Waals surface area contributed by atoms with Crippen LogP contribution in [0.3, 0.4) is 0 Å². The zero-order chi connectivity index (χ0) is 19.4. The van der Waals surface area contributed by atoms with Crippen LogP contribution in [0, 0.1) is 22.7 Å². The summed E-state index contributed by atoms with van der Waals surface area (Å²) >= 11 is 1.17. The third-order valence-electron chi connectivity index (χ3n) is 4.57. The molecule has 2 heterocycles. The van der Waals surface area contributed by atoms with Gasteiger partial charge in [0.05, 0.1) is 11.1 Å². The van der Waals surface area contributed by atoms with Crippen molar-refractivity contribution in [2.24, 2.45) is 5.73 Å². The first-order valence-electron chi connectivity index (χ1n) is 8.73. The second kappa shape index (κ2) is 8.11. The van der Waals surface area contributed by atoms with Crippen LogP contribution in [-0.4, -0.2) is 24.0 Å². The summed E-state index contributed by atoms with van der Waals surface area (Å²) in [6.07, 6.45) is 1.58. The fourth-order valence-corrected chi connectivity index (χ4v) is 4.11. The Morgan fingerprint density at radius 1 is 1.26 bits per heavy atom. The molecule has 1 amide bonds. The monoisotopic (exact) mass is 377 g/mol. The molecular weight excluding hydrogens is 358 g/mol.